The summed E-state index contributed by atoms with van der Waals surface area (Å²) in [5.74, 6) is 0.979. The van der Waals surface area contributed by atoms with Crippen molar-refractivity contribution < 1.29 is 4.79 Å². The Bertz CT molecular complexity index is 709. The predicted octanol–water partition coefficient (Wildman–Crippen LogP) is 3.56. The maximum atomic E-state index is 12.8. The number of hydrogen-bond donors (Lipinski definition) is 0. The van der Waals surface area contributed by atoms with E-state index in [1.54, 1.807) is 0 Å². The fourth-order valence-corrected chi connectivity index (χ4v) is 3.59. The summed E-state index contributed by atoms with van der Waals surface area (Å²) in [7, 11) is 0. The number of carbonyl (C=O) groups is 1. The molecule has 0 N–H and O–H groups in total. The number of likely N-dealkylation sites (tertiary alicyclic amines) is 1. The molecule has 0 aliphatic carbocycles. The lowest BCUT2D eigenvalue weighted by atomic mass is 9.96. The third-order valence-electron chi connectivity index (χ3n) is 4.88. The Morgan fingerprint density at radius 2 is 1.83 bits per heavy atom. The van der Waals surface area contributed by atoms with Crippen molar-refractivity contribution in [3.8, 4) is 0 Å². The predicted molar refractivity (Wildman–Crippen MR) is 94.6 cm³/mol. The smallest absolute Gasteiger partial charge is 0.223 e. The Morgan fingerprint density at radius 3 is 2.50 bits per heavy atom. The van der Waals surface area contributed by atoms with Crippen molar-refractivity contribution in [2.24, 2.45) is 0 Å². The summed E-state index contributed by atoms with van der Waals surface area (Å²) in [5, 5.41) is 0. The third kappa shape index (κ3) is 3.32. The van der Waals surface area contributed by atoms with E-state index in [1.165, 1.54) is 5.56 Å². The van der Waals surface area contributed by atoms with Gasteiger partial charge < -0.3 is 4.90 Å². The molecule has 4 nitrogen and oxygen atoms in total. The molecule has 1 aliphatic heterocycles. The van der Waals surface area contributed by atoms with Gasteiger partial charge in [-0.2, -0.15) is 0 Å². The maximum absolute atomic E-state index is 12.8. The SMILES string of the molecule is Cc1cc(C)nc([C@@]2(C)CCCN2C(=O)CCc2ccccc2)n1. The molecule has 1 atom stereocenters. The van der Waals surface area contributed by atoms with Crippen LogP contribution >= 0.6 is 0 Å². The number of hydrogen-bond acceptors (Lipinski definition) is 3. The summed E-state index contributed by atoms with van der Waals surface area (Å²) in [5.41, 5.74) is 2.74. The minimum Gasteiger partial charge on any atom is -0.330 e. The first-order valence-electron chi connectivity index (χ1n) is 8.66. The van der Waals surface area contributed by atoms with E-state index in [0.717, 1.165) is 43.0 Å². The number of carbonyl (C=O) groups excluding carboxylic acids is 1. The van der Waals surface area contributed by atoms with Gasteiger partial charge in [0.15, 0.2) is 5.82 Å². The van der Waals surface area contributed by atoms with Gasteiger partial charge in [0.25, 0.3) is 0 Å². The Balaban J connectivity index is 1.77. The lowest BCUT2D eigenvalue weighted by Gasteiger charge is -2.34. The topological polar surface area (TPSA) is 46.1 Å². The van der Waals surface area contributed by atoms with E-state index in [0.29, 0.717) is 6.42 Å². The first kappa shape index (κ1) is 16.6. The van der Waals surface area contributed by atoms with Crippen LogP contribution in [-0.4, -0.2) is 27.3 Å². The summed E-state index contributed by atoms with van der Waals surface area (Å²) in [6.45, 7) is 6.87. The molecular formula is C20H25N3O. The molecule has 0 spiro atoms. The van der Waals surface area contributed by atoms with Gasteiger partial charge in [-0.05, 0) is 51.7 Å². The average molecular weight is 323 g/mol. The molecule has 0 radical (unpaired) electrons. The zero-order chi connectivity index (χ0) is 17.2. The number of aryl methyl sites for hydroxylation is 3. The van der Waals surface area contributed by atoms with Crippen LogP contribution in [0, 0.1) is 13.8 Å². The first-order chi connectivity index (χ1) is 11.5. The highest BCUT2D eigenvalue weighted by atomic mass is 16.2. The first-order valence-corrected chi connectivity index (χ1v) is 8.66. The number of benzene rings is 1. The van der Waals surface area contributed by atoms with Gasteiger partial charge in [-0.1, -0.05) is 30.3 Å². The van der Waals surface area contributed by atoms with Crippen LogP contribution in [0.5, 0.6) is 0 Å². The van der Waals surface area contributed by atoms with E-state index in [9.17, 15) is 4.79 Å². The zero-order valence-electron chi connectivity index (χ0n) is 14.7. The van der Waals surface area contributed by atoms with E-state index in [4.69, 9.17) is 0 Å². The molecule has 0 unspecified atom stereocenters. The van der Waals surface area contributed by atoms with Crippen LogP contribution in [0.3, 0.4) is 0 Å². The molecule has 0 bridgehead atoms. The van der Waals surface area contributed by atoms with Crippen LogP contribution in [0.25, 0.3) is 0 Å². The van der Waals surface area contributed by atoms with E-state index in [1.807, 2.05) is 43.0 Å². The molecule has 126 valence electrons. The minimum absolute atomic E-state index is 0.196. The van der Waals surface area contributed by atoms with Crippen molar-refractivity contribution >= 4 is 5.91 Å². The van der Waals surface area contributed by atoms with Gasteiger partial charge in [0.05, 0.1) is 5.54 Å². The second-order valence-corrected chi connectivity index (χ2v) is 6.88. The van der Waals surface area contributed by atoms with Gasteiger partial charge in [0.1, 0.15) is 0 Å². The van der Waals surface area contributed by atoms with E-state index >= 15 is 0 Å². The molecule has 2 aromatic rings. The van der Waals surface area contributed by atoms with Gasteiger partial charge >= 0.3 is 0 Å². The quantitative estimate of drug-likeness (QED) is 0.864. The highest BCUT2D eigenvalue weighted by Gasteiger charge is 2.43. The van der Waals surface area contributed by atoms with Crippen LogP contribution in [-0.2, 0) is 16.8 Å². The highest BCUT2D eigenvalue weighted by Crippen LogP contribution is 2.37. The van der Waals surface area contributed by atoms with Crippen molar-refractivity contribution in [3.63, 3.8) is 0 Å². The standard InChI is InChI=1S/C20H25N3O/c1-15-14-16(2)22-19(21-15)20(3)12-7-13-23(20)18(24)11-10-17-8-5-4-6-9-17/h4-6,8-9,14H,7,10-13H2,1-3H3/t20-/m1/s1. The minimum atomic E-state index is -0.384. The van der Waals surface area contributed by atoms with Crippen molar-refractivity contribution in [1.29, 1.82) is 0 Å². The Morgan fingerprint density at radius 1 is 1.17 bits per heavy atom. The van der Waals surface area contributed by atoms with Gasteiger partial charge in [-0.25, -0.2) is 9.97 Å². The van der Waals surface area contributed by atoms with Crippen LogP contribution < -0.4 is 0 Å². The maximum Gasteiger partial charge on any atom is 0.223 e. The molecule has 1 aromatic heterocycles. The summed E-state index contributed by atoms with van der Waals surface area (Å²) in [6, 6.07) is 12.2. The molecule has 4 heteroatoms. The van der Waals surface area contributed by atoms with E-state index in [2.05, 4.69) is 29.0 Å². The zero-order valence-corrected chi connectivity index (χ0v) is 14.7. The summed E-state index contributed by atoms with van der Waals surface area (Å²) in [6.07, 6.45) is 3.24. The Kier molecular flexibility index (Phi) is 4.65. The molecule has 1 saturated heterocycles. The van der Waals surface area contributed by atoms with E-state index in [-0.39, 0.29) is 11.4 Å². The fraction of sp³-hybridized carbons (Fsp3) is 0.450. The van der Waals surface area contributed by atoms with Gasteiger partial charge in [-0.3, -0.25) is 4.79 Å². The lowest BCUT2D eigenvalue weighted by Crippen LogP contribution is -2.44. The fourth-order valence-electron chi connectivity index (χ4n) is 3.59. The molecule has 3 rings (SSSR count). The molecule has 1 fully saturated rings. The Labute approximate surface area is 143 Å². The van der Waals surface area contributed by atoms with Gasteiger partial charge in [0, 0.05) is 24.4 Å². The van der Waals surface area contributed by atoms with Crippen LogP contribution in [0.1, 0.15) is 49.0 Å². The van der Waals surface area contributed by atoms with Crippen molar-refractivity contribution in [1.82, 2.24) is 14.9 Å². The average Bonchev–Trinajstić information content (AvgIpc) is 2.96. The molecule has 2 heterocycles. The van der Waals surface area contributed by atoms with Crippen molar-refractivity contribution in [2.45, 2.75) is 52.0 Å². The van der Waals surface area contributed by atoms with Crippen LogP contribution in [0.15, 0.2) is 36.4 Å². The molecule has 1 amide bonds. The molecule has 24 heavy (non-hydrogen) atoms. The van der Waals surface area contributed by atoms with Crippen LogP contribution in [0.2, 0.25) is 0 Å². The van der Waals surface area contributed by atoms with Crippen molar-refractivity contribution in [3.05, 3.63) is 59.2 Å². The third-order valence-corrected chi connectivity index (χ3v) is 4.88. The van der Waals surface area contributed by atoms with Gasteiger partial charge in [-0.15, -0.1) is 0 Å². The van der Waals surface area contributed by atoms with Crippen LogP contribution in [0.4, 0.5) is 0 Å². The van der Waals surface area contributed by atoms with E-state index < -0.39 is 0 Å². The largest absolute Gasteiger partial charge is 0.330 e. The lowest BCUT2D eigenvalue weighted by molar-refractivity contribution is -0.135. The normalized spacial score (nSPS) is 20.4. The summed E-state index contributed by atoms with van der Waals surface area (Å²) in [4.78, 5) is 24.1. The number of amides is 1. The number of aromatic nitrogens is 2. The summed E-state index contributed by atoms with van der Waals surface area (Å²) >= 11 is 0. The number of nitrogens with zero attached hydrogens (tertiary/aromatic N) is 3. The monoisotopic (exact) mass is 323 g/mol. The molecule has 0 saturated carbocycles. The number of rotatable bonds is 4. The van der Waals surface area contributed by atoms with Crippen molar-refractivity contribution in [2.75, 3.05) is 6.54 Å². The van der Waals surface area contributed by atoms with Gasteiger partial charge in [0.2, 0.25) is 5.91 Å². The Hall–Kier alpha value is -2.23. The second-order valence-electron chi connectivity index (χ2n) is 6.88. The summed E-state index contributed by atoms with van der Waals surface area (Å²) < 4.78 is 0. The highest BCUT2D eigenvalue weighted by molar-refractivity contribution is 5.77. The second kappa shape index (κ2) is 6.71. The molecule has 1 aliphatic rings. The molecule has 1 aromatic carbocycles. The molecular weight excluding hydrogens is 298 g/mol.